The van der Waals surface area contributed by atoms with Gasteiger partial charge < -0.3 is 50.0 Å². The number of aliphatic hydroxyl groups is 8. The SMILES string of the molecule is OC[C@@H]1O[C@H](OC2=C(c3ccc(O)cc3)[OH+]C3C=C(O)C=C(O)C3=C2)[C@@H](O)[C@H](O)[C@H]1O. The quantitative estimate of drug-likeness (QED) is 0.311. The normalized spacial score (nSPS) is 33.0. The summed E-state index contributed by atoms with van der Waals surface area (Å²) in [4.78, 5) is 0. The van der Waals surface area contributed by atoms with Crippen molar-refractivity contribution in [3.05, 3.63) is 70.9 Å². The van der Waals surface area contributed by atoms with Crippen molar-refractivity contribution in [3.63, 3.8) is 0 Å². The highest BCUT2D eigenvalue weighted by Gasteiger charge is 2.46. The Balaban J connectivity index is 1.73. The molecule has 0 bridgehead atoms. The van der Waals surface area contributed by atoms with Gasteiger partial charge in [-0.1, -0.05) is 0 Å². The third kappa shape index (κ3) is 3.99. The first-order valence-electron chi connectivity index (χ1n) is 9.53. The van der Waals surface area contributed by atoms with Crippen LogP contribution in [0.2, 0.25) is 0 Å². The van der Waals surface area contributed by atoms with Crippen molar-refractivity contribution in [2.75, 3.05) is 6.61 Å². The lowest BCUT2D eigenvalue weighted by atomic mass is 9.97. The van der Waals surface area contributed by atoms with E-state index in [9.17, 15) is 35.7 Å². The molecule has 1 saturated heterocycles. The molecule has 0 radical (unpaired) electrons. The monoisotopic (exact) mass is 435 g/mol. The molecule has 0 spiro atoms. The number of aromatic hydroxyl groups is 1. The van der Waals surface area contributed by atoms with Crippen molar-refractivity contribution < 1.29 is 50.0 Å². The number of fused-ring (bicyclic) bond motifs is 1. The van der Waals surface area contributed by atoms with E-state index in [1.54, 1.807) is 12.1 Å². The molecular weight excluding hydrogens is 412 g/mol. The van der Waals surface area contributed by atoms with Crippen LogP contribution in [0.4, 0.5) is 0 Å². The zero-order chi connectivity index (χ0) is 22.3. The summed E-state index contributed by atoms with van der Waals surface area (Å²) >= 11 is 0. The number of allylic oxidation sites excluding steroid dienone is 2. The minimum atomic E-state index is -1.64. The van der Waals surface area contributed by atoms with E-state index in [0.29, 0.717) is 11.1 Å². The van der Waals surface area contributed by atoms with Gasteiger partial charge in [0.15, 0.2) is 0 Å². The zero-order valence-corrected chi connectivity index (χ0v) is 16.1. The Labute approximate surface area is 176 Å². The molecule has 0 aromatic heterocycles. The molecule has 1 aromatic rings. The number of phenols is 1. The van der Waals surface area contributed by atoms with Crippen molar-refractivity contribution in [1.29, 1.82) is 0 Å². The highest BCUT2D eigenvalue weighted by atomic mass is 16.7. The first-order valence-corrected chi connectivity index (χ1v) is 9.53. The molecule has 1 aromatic carbocycles. The molecule has 1 fully saturated rings. The van der Waals surface area contributed by atoms with Crippen LogP contribution in [0.1, 0.15) is 5.56 Å². The Kier molecular flexibility index (Phi) is 5.65. The van der Waals surface area contributed by atoms with Crippen LogP contribution in [0.15, 0.2) is 65.3 Å². The van der Waals surface area contributed by atoms with Crippen LogP contribution in [0.3, 0.4) is 0 Å². The molecule has 2 heterocycles. The summed E-state index contributed by atoms with van der Waals surface area (Å²) in [6, 6.07) is 6.03. The topological polar surface area (TPSA) is 173 Å². The molecule has 10 nitrogen and oxygen atoms in total. The summed E-state index contributed by atoms with van der Waals surface area (Å²) in [5.41, 5.74) is 0.842. The summed E-state index contributed by atoms with van der Waals surface area (Å²) in [6.45, 7) is -0.615. The van der Waals surface area contributed by atoms with Gasteiger partial charge in [-0.05, 0) is 24.3 Å². The van der Waals surface area contributed by atoms with Crippen LogP contribution in [0, 0.1) is 0 Å². The van der Waals surface area contributed by atoms with E-state index >= 15 is 0 Å². The molecule has 10 heteroatoms. The third-order valence-electron chi connectivity index (χ3n) is 5.25. The van der Waals surface area contributed by atoms with E-state index in [1.807, 2.05) is 0 Å². The fraction of sp³-hybridized carbons (Fsp3) is 0.333. The lowest BCUT2D eigenvalue weighted by Crippen LogP contribution is -2.59. The minimum absolute atomic E-state index is 0.0311. The predicted molar refractivity (Wildman–Crippen MR) is 105 cm³/mol. The second-order valence-corrected chi connectivity index (χ2v) is 7.37. The summed E-state index contributed by atoms with van der Waals surface area (Å²) in [5.74, 6) is -0.0239. The van der Waals surface area contributed by atoms with Gasteiger partial charge in [0.1, 0.15) is 41.7 Å². The second-order valence-electron chi connectivity index (χ2n) is 7.37. The van der Waals surface area contributed by atoms with Gasteiger partial charge in [-0.25, -0.2) is 0 Å². The third-order valence-corrected chi connectivity index (χ3v) is 5.25. The number of ether oxygens (including phenoxy) is 3. The molecule has 0 amide bonds. The summed E-state index contributed by atoms with van der Waals surface area (Å²) in [6.07, 6.45) is -4.11. The Bertz CT molecular complexity index is 959. The van der Waals surface area contributed by atoms with Crippen molar-refractivity contribution >= 4 is 5.76 Å². The second kappa shape index (κ2) is 8.25. The van der Waals surface area contributed by atoms with Crippen molar-refractivity contribution in [3.8, 4) is 5.75 Å². The number of aliphatic hydroxyl groups excluding tert-OH is 6. The molecule has 8 N–H and O–H groups in total. The molecule has 1 aliphatic carbocycles. The number of hydrogen-bond donors (Lipinski definition) is 7. The molecular formula is C21H23O10+. The molecule has 0 saturated carbocycles. The van der Waals surface area contributed by atoms with Gasteiger partial charge in [0.25, 0.3) is 0 Å². The Morgan fingerprint density at radius 1 is 0.935 bits per heavy atom. The molecule has 1 unspecified atom stereocenters. The summed E-state index contributed by atoms with van der Waals surface area (Å²) in [7, 11) is 0. The van der Waals surface area contributed by atoms with Gasteiger partial charge in [0.2, 0.25) is 18.2 Å². The van der Waals surface area contributed by atoms with Gasteiger partial charge in [-0.3, -0.25) is 0 Å². The molecule has 6 atom stereocenters. The van der Waals surface area contributed by atoms with Crippen molar-refractivity contribution in [2.24, 2.45) is 0 Å². The largest absolute Gasteiger partial charge is 0.571 e. The number of benzene rings is 1. The summed E-state index contributed by atoms with van der Waals surface area (Å²) in [5, 5.41) is 69.3. The highest BCUT2D eigenvalue weighted by Crippen LogP contribution is 2.36. The highest BCUT2D eigenvalue weighted by molar-refractivity contribution is 5.67. The Morgan fingerprint density at radius 3 is 2.32 bits per heavy atom. The lowest BCUT2D eigenvalue weighted by molar-refractivity contribution is -0.290. The van der Waals surface area contributed by atoms with Gasteiger partial charge in [-0.2, -0.15) is 0 Å². The van der Waals surface area contributed by atoms with E-state index in [2.05, 4.69) is 4.74 Å². The minimum Gasteiger partial charge on any atom is -0.571 e. The van der Waals surface area contributed by atoms with Crippen LogP contribution >= 0.6 is 0 Å². The van der Waals surface area contributed by atoms with E-state index < -0.39 is 43.4 Å². The number of phenolic OH excluding ortho intramolecular Hbond substituents is 1. The first kappa shape index (κ1) is 21.2. The van der Waals surface area contributed by atoms with Crippen LogP contribution in [-0.2, 0) is 9.47 Å². The lowest BCUT2D eigenvalue weighted by Gasteiger charge is -2.40. The molecule has 2 aliphatic heterocycles. The zero-order valence-electron chi connectivity index (χ0n) is 16.1. The Morgan fingerprint density at radius 2 is 1.65 bits per heavy atom. The maximum Gasteiger partial charge on any atom is 0.305 e. The Hall–Kier alpha value is -3.02. The van der Waals surface area contributed by atoms with Crippen LogP contribution in [-0.4, -0.2) is 83.9 Å². The van der Waals surface area contributed by atoms with Crippen LogP contribution in [0.25, 0.3) is 5.76 Å². The van der Waals surface area contributed by atoms with Crippen LogP contribution < -0.4 is 0 Å². The van der Waals surface area contributed by atoms with Gasteiger partial charge in [0, 0.05) is 12.2 Å². The van der Waals surface area contributed by atoms with Crippen molar-refractivity contribution in [2.45, 2.75) is 36.8 Å². The molecule has 31 heavy (non-hydrogen) atoms. The summed E-state index contributed by atoms with van der Waals surface area (Å²) < 4.78 is 15.7. The van der Waals surface area contributed by atoms with E-state index in [0.717, 1.165) is 6.08 Å². The van der Waals surface area contributed by atoms with E-state index in [4.69, 9.17) is 9.47 Å². The average molecular weight is 435 g/mol. The van der Waals surface area contributed by atoms with Crippen LogP contribution in [0.5, 0.6) is 5.75 Å². The van der Waals surface area contributed by atoms with E-state index in [-0.39, 0.29) is 28.8 Å². The maximum absolute atomic E-state index is 10.3. The molecule has 166 valence electrons. The standard InChI is InChI=1S/C21H22O10/c22-8-16-17(26)18(27)19(28)21(31-16)30-15-7-12-13(25)5-11(24)6-14(12)29-20(15)9-1-3-10(23)4-2-9/h1-7,14,16-19,21-28H,8H2/p+1/t14?,16-,17-,18+,19-,21-/m0/s1. The maximum atomic E-state index is 10.3. The van der Waals surface area contributed by atoms with Gasteiger partial charge in [-0.15, -0.1) is 0 Å². The number of rotatable bonds is 4. The predicted octanol–water partition coefficient (Wildman–Crippen LogP) is -0.389. The van der Waals surface area contributed by atoms with Gasteiger partial charge >= 0.3 is 5.76 Å². The molecule has 4 rings (SSSR count). The smallest absolute Gasteiger partial charge is 0.305 e. The fourth-order valence-electron chi connectivity index (χ4n) is 3.57. The van der Waals surface area contributed by atoms with Gasteiger partial charge in [0.05, 0.1) is 23.8 Å². The average Bonchev–Trinajstić information content (AvgIpc) is 2.74. The van der Waals surface area contributed by atoms with Crippen molar-refractivity contribution in [1.82, 2.24) is 0 Å². The fourth-order valence-corrected chi connectivity index (χ4v) is 3.57. The van der Waals surface area contributed by atoms with E-state index in [1.165, 1.54) is 24.3 Å². The number of hydrogen-bond acceptors (Lipinski definition) is 9. The molecule has 3 aliphatic rings. The first-order chi connectivity index (χ1) is 14.8.